The summed E-state index contributed by atoms with van der Waals surface area (Å²) >= 11 is 7.51. The molecule has 0 saturated carbocycles. The molecule has 1 saturated heterocycles. The number of carbonyl (C=O) groups is 1. The van der Waals surface area contributed by atoms with Crippen molar-refractivity contribution in [3.8, 4) is 0 Å². The number of nitrogens with zero attached hydrogens (tertiary/aromatic N) is 5. The van der Waals surface area contributed by atoms with Gasteiger partial charge in [0.05, 0.1) is 11.7 Å². The van der Waals surface area contributed by atoms with Crippen LogP contribution >= 0.6 is 23.1 Å². The Hall–Kier alpha value is -1.47. The lowest BCUT2D eigenvalue weighted by Crippen LogP contribution is -2.31. The number of carbonyl (C=O) groups excluding carboxylic acids is 1. The van der Waals surface area contributed by atoms with Gasteiger partial charge in [-0.3, -0.25) is 9.48 Å². The van der Waals surface area contributed by atoms with Crippen LogP contribution in [0.2, 0.25) is 5.15 Å². The molecule has 0 N–H and O–H groups in total. The van der Waals surface area contributed by atoms with Gasteiger partial charge in [-0.2, -0.15) is 5.10 Å². The smallest absolute Gasteiger partial charge is 0.275 e. The van der Waals surface area contributed by atoms with Crippen molar-refractivity contribution in [2.75, 3.05) is 6.54 Å². The fourth-order valence-corrected chi connectivity index (χ4v) is 3.47. The van der Waals surface area contributed by atoms with Gasteiger partial charge >= 0.3 is 0 Å². The lowest BCUT2D eigenvalue weighted by molar-refractivity contribution is 0.0729. The Kier molecular flexibility index (Phi) is 3.47. The molecule has 106 valence electrons. The van der Waals surface area contributed by atoms with Crippen LogP contribution in [0.3, 0.4) is 0 Å². The van der Waals surface area contributed by atoms with Gasteiger partial charge in [0.1, 0.15) is 5.15 Å². The Morgan fingerprint density at radius 2 is 2.35 bits per heavy atom. The lowest BCUT2D eigenvalue weighted by Gasteiger charge is -2.24. The maximum atomic E-state index is 12.5. The number of amides is 1. The number of aromatic nitrogens is 4. The molecule has 2 aromatic rings. The first kappa shape index (κ1) is 13.5. The molecule has 1 aliphatic rings. The number of hydrogen-bond acceptors (Lipinski definition) is 5. The zero-order valence-electron chi connectivity index (χ0n) is 11.2. The van der Waals surface area contributed by atoms with E-state index in [9.17, 15) is 4.79 Å². The minimum absolute atomic E-state index is 0.0228. The van der Waals surface area contributed by atoms with Gasteiger partial charge in [0.25, 0.3) is 5.91 Å². The fourth-order valence-electron chi connectivity index (χ4n) is 2.74. The Labute approximate surface area is 125 Å². The van der Waals surface area contributed by atoms with Gasteiger partial charge in [0, 0.05) is 24.5 Å². The SMILES string of the molecule is Cc1nn(C)c(Cl)c1[C@H]1CCCN1C(=O)c1csnn1. The second kappa shape index (κ2) is 5.14. The van der Waals surface area contributed by atoms with Crippen LogP contribution in [-0.4, -0.2) is 36.7 Å². The molecule has 8 heteroatoms. The second-order valence-electron chi connectivity index (χ2n) is 4.86. The molecule has 2 aromatic heterocycles. The molecule has 1 fully saturated rings. The van der Waals surface area contributed by atoms with Crippen LogP contribution in [0, 0.1) is 6.92 Å². The summed E-state index contributed by atoms with van der Waals surface area (Å²) < 4.78 is 5.40. The van der Waals surface area contributed by atoms with E-state index in [0.717, 1.165) is 24.1 Å². The first-order valence-corrected chi connectivity index (χ1v) is 7.58. The van der Waals surface area contributed by atoms with Crippen LogP contribution in [0.1, 0.15) is 40.6 Å². The predicted octanol–water partition coefficient (Wildman–Crippen LogP) is 2.21. The van der Waals surface area contributed by atoms with Gasteiger partial charge in [0.15, 0.2) is 5.69 Å². The van der Waals surface area contributed by atoms with E-state index in [1.807, 2.05) is 18.9 Å². The van der Waals surface area contributed by atoms with Gasteiger partial charge in [-0.1, -0.05) is 16.1 Å². The Balaban J connectivity index is 1.95. The average molecular weight is 312 g/mol. The molecule has 3 rings (SSSR count). The van der Waals surface area contributed by atoms with Gasteiger partial charge in [-0.15, -0.1) is 5.10 Å². The molecule has 6 nitrogen and oxygen atoms in total. The minimum atomic E-state index is -0.0828. The van der Waals surface area contributed by atoms with Gasteiger partial charge in [-0.25, -0.2) is 0 Å². The van der Waals surface area contributed by atoms with Crippen LogP contribution in [0.5, 0.6) is 0 Å². The van der Waals surface area contributed by atoms with Gasteiger partial charge in [-0.05, 0) is 31.3 Å². The molecule has 20 heavy (non-hydrogen) atoms. The van der Waals surface area contributed by atoms with E-state index in [0.29, 0.717) is 17.4 Å². The molecule has 3 heterocycles. The summed E-state index contributed by atoms with van der Waals surface area (Å²) in [7, 11) is 1.81. The molecule has 1 amide bonds. The Morgan fingerprint density at radius 1 is 1.55 bits per heavy atom. The normalized spacial score (nSPS) is 18.8. The molecular weight excluding hydrogens is 298 g/mol. The molecule has 0 spiro atoms. The quantitative estimate of drug-likeness (QED) is 0.853. The van der Waals surface area contributed by atoms with Crippen LogP contribution in [0.4, 0.5) is 0 Å². The maximum absolute atomic E-state index is 12.5. The number of rotatable bonds is 2. The summed E-state index contributed by atoms with van der Waals surface area (Å²) in [5.74, 6) is -0.0828. The van der Waals surface area contributed by atoms with Crippen molar-refractivity contribution in [2.45, 2.75) is 25.8 Å². The van der Waals surface area contributed by atoms with Crippen molar-refractivity contribution in [2.24, 2.45) is 7.05 Å². The molecule has 1 atom stereocenters. The Bertz CT molecular complexity index is 639. The van der Waals surface area contributed by atoms with Crippen molar-refractivity contribution in [1.29, 1.82) is 0 Å². The molecule has 0 radical (unpaired) electrons. The van der Waals surface area contributed by atoms with E-state index in [-0.39, 0.29) is 11.9 Å². The van der Waals surface area contributed by atoms with Crippen molar-refractivity contribution >= 4 is 29.0 Å². The van der Waals surface area contributed by atoms with E-state index in [1.54, 1.807) is 10.1 Å². The standard InChI is InChI=1S/C12H14ClN5OS/c1-7-10(11(13)17(2)15-7)9-4-3-5-18(9)12(19)8-6-20-16-14-8/h6,9H,3-5H2,1-2H3/t9-/m1/s1. The molecule has 0 aromatic carbocycles. The second-order valence-corrected chi connectivity index (χ2v) is 5.83. The largest absolute Gasteiger partial charge is 0.330 e. The minimum Gasteiger partial charge on any atom is -0.330 e. The third-order valence-corrected chi connectivity index (χ3v) is 4.58. The number of likely N-dealkylation sites (tertiary alicyclic amines) is 1. The predicted molar refractivity (Wildman–Crippen MR) is 75.9 cm³/mol. The van der Waals surface area contributed by atoms with E-state index in [2.05, 4.69) is 14.7 Å². The summed E-state index contributed by atoms with van der Waals surface area (Å²) in [6.45, 7) is 2.64. The summed E-state index contributed by atoms with van der Waals surface area (Å²) in [4.78, 5) is 14.3. The fraction of sp³-hybridized carbons (Fsp3) is 0.500. The van der Waals surface area contributed by atoms with Crippen LogP contribution in [0.25, 0.3) is 0 Å². The zero-order valence-corrected chi connectivity index (χ0v) is 12.8. The monoisotopic (exact) mass is 311 g/mol. The highest BCUT2D eigenvalue weighted by molar-refractivity contribution is 7.03. The summed E-state index contributed by atoms with van der Waals surface area (Å²) in [5, 5.41) is 10.5. The first-order chi connectivity index (χ1) is 9.59. The topological polar surface area (TPSA) is 63.9 Å². The van der Waals surface area contributed by atoms with Crippen LogP contribution in [-0.2, 0) is 7.05 Å². The first-order valence-electron chi connectivity index (χ1n) is 6.36. The van der Waals surface area contributed by atoms with Crippen molar-refractivity contribution in [3.63, 3.8) is 0 Å². The molecular formula is C12H14ClN5OS. The number of hydrogen-bond donors (Lipinski definition) is 0. The highest BCUT2D eigenvalue weighted by atomic mass is 35.5. The molecule has 0 bridgehead atoms. The third-order valence-electron chi connectivity index (χ3n) is 3.62. The molecule has 1 aliphatic heterocycles. The van der Waals surface area contributed by atoms with E-state index in [4.69, 9.17) is 11.6 Å². The van der Waals surface area contributed by atoms with E-state index in [1.165, 1.54) is 11.5 Å². The van der Waals surface area contributed by atoms with Crippen molar-refractivity contribution in [1.82, 2.24) is 24.3 Å². The van der Waals surface area contributed by atoms with Crippen molar-refractivity contribution < 1.29 is 4.79 Å². The average Bonchev–Trinajstić information content (AvgIpc) is 3.12. The number of halogens is 1. The highest BCUT2D eigenvalue weighted by Crippen LogP contribution is 2.38. The van der Waals surface area contributed by atoms with E-state index < -0.39 is 0 Å². The maximum Gasteiger partial charge on any atom is 0.275 e. The summed E-state index contributed by atoms with van der Waals surface area (Å²) in [6, 6.07) is -0.0228. The molecule has 0 unspecified atom stereocenters. The van der Waals surface area contributed by atoms with Crippen LogP contribution in [0.15, 0.2) is 5.38 Å². The summed E-state index contributed by atoms with van der Waals surface area (Å²) in [6.07, 6.45) is 1.86. The van der Waals surface area contributed by atoms with Crippen LogP contribution < -0.4 is 0 Å². The van der Waals surface area contributed by atoms with Crippen molar-refractivity contribution in [3.05, 3.63) is 27.5 Å². The number of aryl methyl sites for hydroxylation is 2. The highest BCUT2D eigenvalue weighted by Gasteiger charge is 2.35. The van der Waals surface area contributed by atoms with Gasteiger partial charge < -0.3 is 4.90 Å². The van der Waals surface area contributed by atoms with E-state index >= 15 is 0 Å². The lowest BCUT2D eigenvalue weighted by atomic mass is 10.1. The Morgan fingerprint density at radius 3 is 2.95 bits per heavy atom. The summed E-state index contributed by atoms with van der Waals surface area (Å²) in [5.41, 5.74) is 2.22. The van der Waals surface area contributed by atoms with Gasteiger partial charge in [0.2, 0.25) is 0 Å². The zero-order chi connectivity index (χ0) is 14.3. The molecule has 0 aliphatic carbocycles. The third kappa shape index (κ3) is 2.10.